The molecule has 0 aliphatic heterocycles. The van der Waals surface area contributed by atoms with Crippen molar-refractivity contribution >= 4 is 44.5 Å². The van der Waals surface area contributed by atoms with E-state index >= 15 is 0 Å². The first kappa shape index (κ1) is 21.8. The van der Waals surface area contributed by atoms with E-state index in [4.69, 9.17) is 4.74 Å². The van der Waals surface area contributed by atoms with Crippen LogP contribution in [0.1, 0.15) is 40.1 Å². The molecule has 0 radical (unpaired) electrons. The van der Waals surface area contributed by atoms with Gasteiger partial charge in [0.25, 0.3) is 0 Å². The maximum absolute atomic E-state index is 5.53. The summed E-state index contributed by atoms with van der Waals surface area (Å²) >= 11 is 1.80. The summed E-state index contributed by atoms with van der Waals surface area (Å²) in [5.74, 6) is 1.62. The average Bonchev–Trinajstić information content (AvgIpc) is 3.40. The molecule has 0 spiro atoms. The van der Waals surface area contributed by atoms with Gasteiger partial charge in [0.2, 0.25) is 0 Å². The fraction of sp³-hybridized carbons (Fsp3) is 0.250. The van der Waals surface area contributed by atoms with Gasteiger partial charge in [0.15, 0.2) is 5.82 Å². The highest BCUT2D eigenvalue weighted by molar-refractivity contribution is 7.19. The van der Waals surface area contributed by atoms with Gasteiger partial charge in [-0.3, -0.25) is 5.43 Å². The van der Waals surface area contributed by atoms with Crippen molar-refractivity contribution in [3.8, 4) is 5.75 Å². The Hall–Kier alpha value is -3.71. The van der Waals surface area contributed by atoms with Crippen LogP contribution in [0.4, 0.5) is 5.82 Å². The van der Waals surface area contributed by atoms with Crippen LogP contribution in [0, 0.1) is 6.92 Å². The summed E-state index contributed by atoms with van der Waals surface area (Å²) in [7, 11) is 1.70. The number of anilines is 1. The monoisotopic (exact) mass is 481 g/mol. The van der Waals surface area contributed by atoms with Crippen LogP contribution in [0.5, 0.6) is 5.75 Å². The second-order valence-corrected chi connectivity index (χ2v) is 10.0. The van der Waals surface area contributed by atoms with Gasteiger partial charge in [0.1, 0.15) is 16.9 Å². The molecule has 5 aromatic rings. The smallest absolute Gasteiger partial charge is 0.158 e. The largest absolute Gasteiger partial charge is 0.497 e. The molecule has 3 aromatic heterocycles. The molecule has 6 rings (SSSR count). The van der Waals surface area contributed by atoms with Gasteiger partial charge in [-0.2, -0.15) is 5.10 Å². The van der Waals surface area contributed by atoms with E-state index < -0.39 is 0 Å². The number of hydrazone groups is 1. The Labute approximate surface area is 208 Å². The van der Waals surface area contributed by atoms with Crippen LogP contribution in [-0.2, 0) is 19.4 Å². The maximum atomic E-state index is 5.53. The zero-order valence-electron chi connectivity index (χ0n) is 19.9. The van der Waals surface area contributed by atoms with E-state index in [9.17, 15) is 0 Å². The molecule has 0 fully saturated rings. The number of benzene rings is 2. The minimum Gasteiger partial charge on any atom is -0.497 e. The molecule has 0 amide bonds. The molecule has 0 atom stereocenters. The van der Waals surface area contributed by atoms with E-state index in [1.54, 1.807) is 24.8 Å². The molecule has 3 heterocycles. The lowest BCUT2D eigenvalue weighted by Crippen LogP contribution is -2.03. The number of hydrogen-bond acceptors (Lipinski definition) is 6. The minimum atomic E-state index is 0.786. The van der Waals surface area contributed by atoms with E-state index in [1.165, 1.54) is 28.8 Å². The molecule has 0 saturated heterocycles. The van der Waals surface area contributed by atoms with Crippen LogP contribution in [0.3, 0.4) is 0 Å². The number of ether oxygens (including phenoxy) is 1. The van der Waals surface area contributed by atoms with Crippen molar-refractivity contribution in [3.63, 3.8) is 0 Å². The molecule has 1 N–H and O–H groups in total. The first-order valence-electron chi connectivity index (χ1n) is 12.0. The third kappa shape index (κ3) is 3.96. The highest BCUT2D eigenvalue weighted by Gasteiger charge is 2.20. The van der Waals surface area contributed by atoms with Crippen molar-refractivity contribution in [2.24, 2.45) is 5.10 Å². The summed E-state index contributed by atoms with van der Waals surface area (Å²) in [5, 5.41) is 6.91. The molecule has 0 saturated carbocycles. The third-order valence-electron chi connectivity index (χ3n) is 6.88. The number of nitrogens with zero attached hydrogens (tertiary/aromatic N) is 4. The van der Waals surface area contributed by atoms with Crippen LogP contribution < -0.4 is 10.2 Å². The Morgan fingerprint density at radius 2 is 1.97 bits per heavy atom. The molecule has 0 bridgehead atoms. The molecular weight excluding hydrogens is 454 g/mol. The lowest BCUT2D eigenvalue weighted by Gasteiger charge is -2.11. The normalized spacial score (nSPS) is 13.5. The number of aromatic nitrogens is 3. The molecular formula is C28H27N5OS. The van der Waals surface area contributed by atoms with Crippen molar-refractivity contribution in [1.29, 1.82) is 0 Å². The quantitative estimate of drug-likeness (QED) is 0.227. The van der Waals surface area contributed by atoms with E-state index in [2.05, 4.69) is 68.4 Å². The molecule has 176 valence electrons. The van der Waals surface area contributed by atoms with E-state index in [-0.39, 0.29) is 0 Å². The summed E-state index contributed by atoms with van der Waals surface area (Å²) in [6.07, 6.45) is 8.24. The fourth-order valence-corrected chi connectivity index (χ4v) is 6.31. The fourth-order valence-electron chi connectivity index (χ4n) is 5.08. The molecule has 0 unspecified atom stereocenters. The van der Waals surface area contributed by atoms with E-state index in [0.717, 1.165) is 63.3 Å². The highest BCUT2D eigenvalue weighted by atomic mass is 32.1. The number of rotatable bonds is 6. The molecule has 35 heavy (non-hydrogen) atoms. The number of aryl methyl sites for hydroxylation is 2. The van der Waals surface area contributed by atoms with Crippen LogP contribution in [0.2, 0.25) is 0 Å². The van der Waals surface area contributed by atoms with Gasteiger partial charge in [-0.25, -0.2) is 9.97 Å². The molecule has 7 heteroatoms. The van der Waals surface area contributed by atoms with Crippen molar-refractivity contribution < 1.29 is 4.74 Å². The van der Waals surface area contributed by atoms with Crippen LogP contribution in [0.15, 0.2) is 60.0 Å². The zero-order valence-corrected chi connectivity index (χ0v) is 20.7. The van der Waals surface area contributed by atoms with Crippen LogP contribution in [0.25, 0.3) is 21.1 Å². The lowest BCUT2D eigenvalue weighted by atomic mass is 9.97. The predicted octanol–water partition coefficient (Wildman–Crippen LogP) is 6.34. The summed E-state index contributed by atoms with van der Waals surface area (Å²) < 4.78 is 7.86. The number of thiophene rings is 1. The topological polar surface area (TPSA) is 64.3 Å². The average molecular weight is 482 g/mol. The van der Waals surface area contributed by atoms with Gasteiger partial charge in [-0.1, -0.05) is 30.3 Å². The minimum absolute atomic E-state index is 0.786. The Balaban J connectivity index is 1.38. The number of nitrogens with one attached hydrogen (secondary N) is 1. The van der Waals surface area contributed by atoms with Gasteiger partial charge in [-0.05, 0) is 61.9 Å². The first-order valence-corrected chi connectivity index (χ1v) is 12.8. The van der Waals surface area contributed by atoms with Crippen LogP contribution in [-0.4, -0.2) is 27.9 Å². The number of fused-ring (bicyclic) bond motifs is 4. The Bertz CT molecular complexity index is 1550. The lowest BCUT2D eigenvalue weighted by molar-refractivity contribution is 0.415. The van der Waals surface area contributed by atoms with Crippen LogP contribution >= 0.6 is 11.3 Å². The number of hydrogen-bond donors (Lipinski definition) is 1. The van der Waals surface area contributed by atoms with Crippen molar-refractivity contribution in [3.05, 3.63) is 82.1 Å². The highest BCUT2D eigenvalue weighted by Crippen LogP contribution is 2.38. The number of methoxy groups -OCH3 is 1. The summed E-state index contributed by atoms with van der Waals surface area (Å²) in [6, 6.07) is 16.8. The zero-order chi connectivity index (χ0) is 23.8. The van der Waals surface area contributed by atoms with E-state index in [1.807, 2.05) is 18.3 Å². The molecule has 6 nitrogen and oxygen atoms in total. The first-order chi connectivity index (χ1) is 17.2. The third-order valence-corrected chi connectivity index (χ3v) is 8.08. The molecule has 2 aromatic carbocycles. The predicted molar refractivity (Wildman–Crippen MR) is 144 cm³/mol. The standard InChI is InChI=1S/C28H27N5OS/c1-18-23(15-31-32-27-26-21-10-6-7-11-25(21)35-28(26)30-17-29-27)22-14-20(34-2)12-13-24(22)33(18)16-19-8-4-3-5-9-19/h3-5,8-9,12-15,17H,6-7,10-11,16H2,1-2H3,(H,29,30,32). The van der Waals surface area contributed by atoms with Gasteiger partial charge >= 0.3 is 0 Å². The second-order valence-electron chi connectivity index (χ2n) is 8.94. The summed E-state index contributed by atoms with van der Waals surface area (Å²) in [6.45, 7) is 2.94. The van der Waals surface area contributed by atoms with Gasteiger partial charge in [0, 0.05) is 33.6 Å². The van der Waals surface area contributed by atoms with Crippen molar-refractivity contribution in [2.75, 3.05) is 12.5 Å². The SMILES string of the molecule is COc1ccc2c(c1)c(C=NNc1ncnc3sc4c(c13)CCCC4)c(C)n2Cc1ccccc1. The van der Waals surface area contributed by atoms with E-state index in [0.29, 0.717) is 0 Å². The van der Waals surface area contributed by atoms with Gasteiger partial charge in [-0.15, -0.1) is 11.3 Å². The van der Waals surface area contributed by atoms with Gasteiger partial charge < -0.3 is 9.30 Å². The van der Waals surface area contributed by atoms with Gasteiger partial charge in [0.05, 0.1) is 18.7 Å². The Morgan fingerprint density at radius 1 is 1.11 bits per heavy atom. The summed E-state index contributed by atoms with van der Waals surface area (Å²) in [4.78, 5) is 11.6. The van der Waals surface area contributed by atoms with Crippen molar-refractivity contribution in [2.45, 2.75) is 39.2 Å². The Kier molecular flexibility index (Phi) is 5.70. The molecule has 1 aliphatic rings. The second kappa shape index (κ2) is 9.15. The maximum Gasteiger partial charge on any atom is 0.158 e. The summed E-state index contributed by atoms with van der Waals surface area (Å²) in [5.41, 5.74) is 9.28. The molecule has 1 aliphatic carbocycles. The van der Waals surface area contributed by atoms with Crippen molar-refractivity contribution in [1.82, 2.24) is 14.5 Å². The Morgan fingerprint density at radius 3 is 2.83 bits per heavy atom.